The molecule has 3 nitrogen and oxygen atoms in total. The summed E-state index contributed by atoms with van der Waals surface area (Å²) in [6, 6.07) is 8.99. The summed E-state index contributed by atoms with van der Waals surface area (Å²) < 4.78 is 16.0. The van der Waals surface area contributed by atoms with Gasteiger partial charge in [0.15, 0.2) is 0 Å². The molecule has 0 saturated heterocycles. The Kier molecular flexibility index (Phi) is 5.77. The van der Waals surface area contributed by atoms with Crippen molar-refractivity contribution in [1.29, 1.82) is 0 Å². The van der Waals surface area contributed by atoms with Crippen LogP contribution in [0.5, 0.6) is 5.75 Å². The van der Waals surface area contributed by atoms with Gasteiger partial charge in [-0.1, -0.05) is 30.0 Å². The SMILES string of the molecule is C#CCOP(=S)(OCC#C)Oc1ccccc1. The molecule has 0 aliphatic rings. The third kappa shape index (κ3) is 5.04. The minimum Gasteiger partial charge on any atom is -0.424 e. The van der Waals surface area contributed by atoms with E-state index in [0.717, 1.165) is 0 Å². The fraction of sp³-hybridized carbons (Fsp3) is 0.167. The Labute approximate surface area is 106 Å². The summed E-state index contributed by atoms with van der Waals surface area (Å²) in [5.74, 6) is 5.19. The van der Waals surface area contributed by atoms with Crippen LogP contribution in [0.4, 0.5) is 0 Å². The van der Waals surface area contributed by atoms with Gasteiger partial charge in [-0.05, 0) is 12.1 Å². The minimum atomic E-state index is -2.93. The van der Waals surface area contributed by atoms with E-state index in [1.165, 1.54) is 0 Å². The predicted octanol–water partition coefficient (Wildman–Crippen LogP) is 2.59. The van der Waals surface area contributed by atoms with Gasteiger partial charge in [0.2, 0.25) is 0 Å². The van der Waals surface area contributed by atoms with Crippen LogP contribution >= 0.6 is 6.72 Å². The van der Waals surface area contributed by atoms with Gasteiger partial charge in [-0.15, -0.1) is 12.8 Å². The van der Waals surface area contributed by atoms with E-state index in [0.29, 0.717) is 5.75 Å². The first-order valence-electron chi connectivity index (χ1n) is 4.71. The van der Waals surface area contributed by atoms with E-state index in [1.807, 2.05) is 18.2 Å². The first-order valence-corrected chi connectivity index (χ1v) is 7.26. The van der Waals surface area contributed by atoms with Crippen LogP contribution < -0.4 is 4.52 Å². The quantitative estimate of drug-likeness (QED) is 0.584. The van der Waals surface area contributed by atoms with E-state index in [2.05, 4.69) is 11.8 Å². The number of benzene rings is 1. The van der Waals surface area contributed by atoms with E-state index < -0.39 is 6.72 Å². The molecule has 88 valence electrons. The van der Waals surface area contributed by atoms with Crippen molar-refractivity contribution >= 4 is 18.5 Å². The number of hydrogen-bond acceptors (Lipinski definition) is 4. The Bertz CT molecular complexity index is 451. The largest absolute Gasteiger partial charge is 0.424 e. The summed E-state index contributed by atoms with van der Waals surface area (Å²) in [6.07, 6.45) is 10.2. The van der Waals surface area contributed by atoms with Crippen LogP contribution in [0.3, 0.4) is 0 Å². The van der Waals surface area contributed by atoms with Gasteiger partial charge in [0.05, 0.1) is 0 Å². The monoisotopic (exact) mass is 266 g/mol. The Morgan fingerprint density at radius 3 is 2.06 bits per heavy atom. The lowest BCUT2D eigenvalue weighted by atomic mass is 10.3. The zero-order chi connectivity index (χ0) is 12.6. The molecule has 0 radical (unpaired) electrons. The van der Waals surface area contributed by atoms with Crippen LogP contribution in [0.1, 0.15) is 0 Å². The van der Waals surface area contributed by atoms with Crippen LogP contribution in [-0.4, -0.2) is 13.2 Å². The molecule has 0 atom stereocenters. The first-order chi connectivity index (χ1) is 8.20. The molecule has 0 unspecified atom stereocenters. The first kappa shape index (κ1) is 13.8. The summed E-state index contributed by atoms with van der Waals surface area (Å²) in [7, 11) is 0. The molecule has 0 spiro atoms. The zero-order valence-electron chi connectivity index (χ0n) is 9.04. The fourth-order valence-electron chi connectivity index (χ4n) is 0.933. The van der Waals surface area contributed by atoms with Crippen molar-refractivity contribution in [3.63, 3.8) is 0 Å². The van der Waals surface area contributed by atoms with Gasteiger partial charge in [-0.25, -0.2) is 0 Å². The smallest absolute Gasteiger partial charge is 0.382 e. The Hall–Kier alpha value is -1.29. The van der Waals surface area contributed by atoms with E-state index >= 15 is 0 Å². The predicted molar refractivity (Wildman–Crippen MR) is 70.9 cm³/mol. The highest BCUT2D eigenvalue weighted by Crippen LogP contribution is 2.49. The summed E-state index contributed by atoms with van der Waals surface area (Å²) in [6.45, 7) is -2.88. The number of rotatable bonds is 6. The molecular formula is C12H11O3PS. The molecule has 0 bridgehead atoms. The highest BCUT2D eigenvalue weighted by Gasteiger charge is 2.21. The summed E-state index contributed by atoms with van der Waals surface area (Å²) in [5.41, 5.74) is 0. The van der Waals surface area contributed by atoms with Gasteiger partial charge >= 0.3 is 6.72 Å². The van der Waals surface area contributed by atoms with E-state index in [9.17, 15) is 0 Å². The number of para-hydroxylation sites is 1. The maximum Gasteiger partial charge on any atom is 0.382 e. The second-order valence-electron chi connectivity index (χ2n) is 2.81. The molecule has 0 N–H and O–H groups in total. The molecule has 1 aromatic carbocycles. The lowest BCUT2D eigenvalue weighted by Crippen LogP contribution is -2.03. The minimum absolute atomic E-state index is 0.0225. The van der Waals surface area contributed by atoms with Gasteiger partial charge in [-0.2, -0.15) is 0 Å². The van der Waals surface area contributed by atoms with E-state index in [4.69, 9.17) is 38.2 Å². The second kappa shape index (κ2) is 7.12. The fourth-order valence-corrected chi connectivity index (χ4v) is 2.53. The van der Waals surface area contributed by atoms with Crippen molar-refractivity contribution in [3.8, 4) is 30.4 Å². The number of hydrogen-bond donors (Lipinski definition) is 0. The third-order valence-corrected chi connectivity index (χ3v) is 3.75. The normalized spacial score (nSPS) is 10.2. The summed E-state index contributed by atoms with van der Waals surface area (Å²) >= 11 is 5.17. The second-order valence-corrected chi connectivity index (χ2v) is 5.74. The van der Waals surface area contributed by atoms with Gasteiger partial charge < -0.3 is 4.52 Å². The third-order valence-electron chi connectivity index (χ3n) is 1.57. The van der Waals surface area contributed by atoms with Crippen LogP contribution in [0, 0.1) is 24.7 Å². The summed E-state index contributed by atoms with van der Waals surface area (Å²) in [5, 5.41) is 0. The molecule has 0 amide bonds. The molecule has 5 heteroatoms. The topological polar surface area (TPSA) is 27.7 Å². The molecule has 1 aromatic rings. The highest BCUT2D eigenvalue weighted by molar-refractivity contribution is 8.07. The Morgan fingerprint density at radius 1 is 1.06 bits per heavy atom. The van der Waals surface area contributed by atoms with Crippen molar-refractivity contribution in [3.05, 3.63) is 30.3 Å². The van der Waals surface area contributed by atoms with Gasteiger partial charge in [-0.3, -0.25) is 9.05 Å². The molecule has 0 heterocycles. The molecule has 0 aliphatic heterocycles. The lowest BCUT2D eigenvalue weighted by Gasteiger charge is -2.20. The van der Waals surface area contributed by atoms with Crippen LogP contribution in [-0.2, 0) is 20.9 Å². The molecule has 0 fully saturated rings. The van der Waals surface area contributed by atoms with Crippen molar-refractivity contribution in [1.82, 2.24) is 0 Å². The average Bonchev–Trinajstić information content (AvgIpc) is 2.35. The zero-order valence-corrected chi connectivity index (χ0v) is 10.7. The van der Waals surface area contributed by atoms with Crippen molar-refractivity contribution in [2.45, 2.75) is 0 Å². The van der Waals surface area contributed by atoms with Crippen molar-refractivity contribution < 1.29 is 13.6 Å². The molecule has 0 saturated carbocycles. The Morgan fingerprint density at radius 2 is 1.59 bits per heavy atom. The van der Waals surface area contributed by atoms with Gasteiger partial charge in [0.25, 0.3) is 0 Å². The molecule has 17 heavy (non-hydrogen) atoms. The number of terminal acetylenes is 2. The molecule has 0 aliphatic carbocycles. The standard InChI is InChI=1S/C12H11O3PS/c1-3-10-13-16(17,14-11-4-2)15-12-8-6-5-7-9-12/h1-2,5-9H,10-11H2. The maximum atomic E-state index is 5.50. The molecule has 0 aromatic heterocycles. The summed E-state index contributed by atoms with van der Waals surface area (Å²) in [4.78, 5) is 0. The van der Waals surface area contributed by atoms with E-state index in [-0.39, 0.29) is 13.2 Å². The lowest BCUT2D eigenvalue weighted by molar-refractivity contribution is 0.240. The van der Waals surface area contributed by atoms with E-state index in [1.54, 1.807) is 12.1 Å². The Balaban J connectivity index is 2.74. The van der Waals surface area contributed by atoms with Gasteiger partial charge in [0, 0.05) is 11.8 Å². The highest BCUT2D eigenvalue weighted by atomic mass is 32.5. The molecular weight excluding hydrogens is 255 g/mol. The maximum absolute atomic E-state index is 5.50. The average molecular weight is 266 g/mol. The van der Waals surface area contributed by atoms with Crippen molar-refractivity contribution in [2.75, 3.05) is 13.2 Å². The van der Waals surface area contributed by atoms with Crippen molar-refractivity contribution in [2.24, 2.45) is 0 Å². The molecule has 1 rings (SSSR count). The van der Waals surface area contributed by atoms with Gasteiger partial charge in [0.1, 0.15) is 19.0 Å². The van der Waals surface area contributed by atoms with Crippen LogP contribution in [0.15, 0.2) is 30.3 Å². The van der Waals surface area contributed by atoms with Crippen LogP contribution in [0.2, 0.25) is 0 Å². The van der Waals surface area contributed by atoms with Crippen LogP contribution in [0.25, 0.3) is 0 Å².